The maximum Gasteiger partial charge on any atom is 0.338 e. The van der Waals surface area contributed by atoms with Gasteiger partial charge in [-0.1, -0.05) is 78.1 Å². The number of rotatable bonds is 10. The molecule has 5 aromatic rings. The fraction of sp³-hybridized carbons (Fsp3) is 0.139. The highest BCUT2D eigenvalue weighted by Crippen LogP contribution is 2.35. The molecule has 0 unspecified atom stereocenters. The SMILES string of the molecule is CCOC(=O)C1=C(c2ccccc2)N=c2s/c(=C\c3ccc(OCc4ccc([N+](=O)[O-])cc4)c(OC)c3)c(=O)n2[C@@H]1c1ccccc1. The monoisotopic (exact) mass is 647 g/mol. The van der Waals surface area contributed by atoms with E-state index in [2.05, 4.69) is 0 Å². The molecule has 0 radical (unpaired) electrons. The van der Waals surface area contributed by atoms with Gasteiger partial charge >= 0.3 is 5.97 Å². The van der Waals surface area contributed by atoms with Crippen LogP contribution in [0.4, 0.5) is 5.69 Å². The third-order valence-electron chi connectivity index (χ3n) is 7.52. The van der Waals surface area contributed by atoms with Crippen LogP contribution < -0.4 is 24.4 Å². The molecule has 0 spiro atoms. The molecule has 0 fully saturated rings. The number of benzene rings is 4. The van der Waals surface area contributed by atoms with Crippen molar-refractivity contribution in [3.63, 3.8) is 0 Å². The third-order valence-corrected chi connectivity index (χ3v) is 8.50. The molecule has 2 heterocycles. The number of fused-ring (bicyclic) bond motifs is 1. The normalized spacial score (nSPS) is 14.3. The summed E-state index contributed by atoms with van der Waals surface area (Å²) in [6, 6.07) is 29.5. The smallest absolute Gasteiger partial charge is 0.338 e. The maximum absolute atomic E-state index is 14.1. The van der Waals surface area contributed by atoms with E-state index in [9.17, 15) is 19.7 Å². The molecular formula is C36H29N3O7S. The number of non-ortho nitro benzene ring substituents is 1. The Labute approximate surface area is 273 Å². The van der Waals surface area contributed by atoms with Gasteiger partial charge in [0, 0.05) is 17.7 Å². The number of ether oxygens (including phenoxy) is 3. The molecule has 0 saturated carbocycles. The Kier molecular flexibility index (Phi) is 9.07. The van der Waals surface area contributed by atoms with Crippen molar-refractivity contribution in [3.05, 3.63) is 161 Å². The fourth-order valence-corrected chi connectivity index (χ4v) is 6.31. The van der Waals surface area contributed by atoms with Gasteiger partial charge in [-0.25, -0.2) is 9.79 Å². The van der Waals surface area contributed by atoms with Gasteiger partial charge in [0.1, 0.15) is 6.61 Å². The number of esters is 1. The molecular weight excluding hydrogens is 618 g/mol. The zero-order valence-electron chi connectivity index (χ0n) is 25.5. The first-order valence-corrected chi connectivity index (χ1v) is 15.6. The van der Waals surface area contributed by atoms with Crippen molar-refractivity contribution in [1.82, 2.24) is 4.57 Å². The van der Waals surface area contributed by atoms with Crippen LogP contribution in [0.25, 0.3) is 11.8 Å². The van der Waals surface area contributed by atoms with E-state index in [0.29, 0.717) is 37.7 Å². The van der Waals surface area contributed by atoms with Crippen molar-refractivity contribution < 1.29 is 23.9 Å². The Morgan fingerprint density at radius 2 is 1.68 bits per heavy atom. The second kappa shape index (κ2) is 13.7. The van der Waals surface area contributed by atoms with Crippen LogP contribution in [0.1, 0.15) is 35.2 Å². The molecule has 236 valence electrons. The van der Waals surface area contributed by atoms with Gasteiger partial charge in [0.25, 0.3) is 11.2 Å². The van der Waals surface area contributed by atoms with Gasteiger partial charge in [-0.05, 0) is 54.0 Å². The van der Waals surface area contributed by atoms with Crippen LogP contribution in [0, 0.1) is 10.1 Å². The largest absolute Gasteiger partial charge is 0.493 e. The standard InChI is InChI=1S/C36H29N3O7S/c1-3-45-35(41)31-32(25-10-6-4-7-11-25)37-36-38(33(31)26-12-8-5-9-13-26)34(40)30(47-36)21-24-16-19-28(29(20-24)44-2)46-22-23-14-17-27(18-15-23)39(42)43/h4-21,33H,3,22H2,1-2H3/b30-21-/t33-/m1/s1. The average molecular weight is 648 g/mol. The zero-order valence-corrected chi connectivity index (χ0v) is 26.3. The van der Waals surface area contributed by atoms with Crippen LogP contribution in [0.2, 0.25) is 0 Å². The molecule has 1 aliphatic heterocycles. The molecule has 0 amide bonds. The summed E-state index contributed by atoms with van der Waals surface area (Å²) >= 11 is 1.23. The zero-order chi connectivity index (χ0) is 32.9. The number of aromatic nitrogens is 1. The van der Waals surface area contributed by atoms with E-state index in [-0.39, 0.29) is 24.5 Å². The van der Waals surface area contributed by atoms with Crippen molar-refractivity contribution in [2.75, 3.05) is 13.7 Å². The lowest BCUT2D eigenvalue weighted by Gasteiger charge is -2.25. The van der Waals surface area contributed by atoms with Crippen LogP contribution in [-0.4, -0.2) is 29.2 Å². The van der Waals surface area contributed by atoms with Gasteiger partial charge < -0.3 is 14.2 Å². The van der Waals surface area contributed by atoms with E-state index < -0.39 is 16.9 Å². The Hall–Kier alpha value is -5.81. The van der Waals surface area contributed by atoms with E-state index in [1.54, 1.807) is 47.9 Å². The highest BCUT2D eigenvalue weighted by Gasteiger charge is 2.35. The van der Waals surface area contributed by atoms with Gasteiger partial charge in [-0.3, -0.25) is 19.5 Å². The first-order valence-electron chi connectivity index (χ1n) is 14.8. The molecule has 1 aliphatic rings. The second-order valence-corrected chi connectivity index (χ2v) is 11.5. The minimum absolute atomic E-state index is 0.00413. The number of thiazole rings is 1. The first kappa shape index (κ1) is 31.2. The third kappa shape index (κ3) is 6.47. The summed E-state index contributed by atoms with van der Waals surface area (Å²) in [6.45, 7) is 2.09. The Bertz CT molecular complexity index is 2160. The molecule has 0 N–H and O–H groups in total. The molecule has 1 atom stereocenters. The molecule has 6 rings (SSSR count). The highest BCUT2D eigenvalue weighted by molar-refractivity contribution is 7.07. The lowest BCUT2D eigenvalue weighted by molar-refractivity contribution is -0.384. The van der Waals surface area contributed by atoms with E-state index in [1.165, 1.54) is 30.6 Å². The summed E-state index contributed by atoms with van der Waals surface area (Å²) in [5.74, 6) is 0.388. The van der Waals surface area contributed by atoms with Crippen molar-refractivity contribution >= 4 is 34.8 Å². The van der Waals surface area contributed by atoms with Crippen molar-refractivity contribution in [2.24, 2.45) is 4.99 Å². The van der Waals surface area contributed by atoms with Crippen LogP contribution in [0.3, 0.4) is 0 Å². The Morgan fingerprint density at radius 3 is 2.34 bits per heavy atom. The van der Waals surface area contributed by atoms with E-state index in [4.69, 9.17) is 19.2 Å². The molecule has 11 heteroatoms. The van der Waals surface area contributed by atoms with Gasteiger partial charge in [0.2, 0.25) is 0 Å². The van der Waals surface area contributed by atoms with Gasteiger partial charge in [-0.15, -0.1) is 0 Å². The summed E-state index contributed by atoms with van der Waals surface area (Å²) in [5, 5.41) is 10.9. The predicted octanol–water partition coefficient (Wildman–Crippen LogP) is 5.43. The van der Waals surface area contributed by atoms with Crippen LogP contribution in [0.5, 0.6) is 11.5 Å². The second-order valence-electron chi connectivity index (χ2n) is 10.5. The lowest BCUT2D eigenvalue weighted by atomic mass is 9.93. The molecule has 10 nitrogen and oxygen atoms in total. The van der Waals surface area contributed by atoms with Crippen LogP contribution >= 0.6 is 11.3 Å². The summed E-state index contributed by atoms with van der Waals surface area (Å²) < 4.78 is 19.0. The van der Waals surface area contributed by atoms with Gasteiger partial charge in [0.15, 0.2) is 16.3 Å². The number of carbonyl (C=O) groups is 1. The highest BCUT2D eigenvalue weighted by atomic mass is 32.1. The van der Waals surface area contributed by atoms with E-state index >= 15 is 0 Å². The Morgan fingerprint density at radius 1 is 0.979 bits per heavy atom. The number of nitrogens with zero attached hydrogens (tertiary/aromatic N) is 3. The lowest BCUT2D eigenvalue weighted by Crippen LogP contribution is -2.39. The van der Waals surface area contributed by atoms with Crippen molar-refractivity contribution in [2.45, 2.75) is 19.6 Å². The minimum Gasteiger partial charge on any atom is -0.493 e. The molecule has 0 aliphatic carbocycles. The first-order chi connectivity index (χ1) is 22.9. The summed E-state index contributed by atoms with van der Waals surface area (Å²) in [6.07, 6.45) is 1.75. The molecule has 1 aromatic heterocycles. The molecule has 0 bridgehead atoms. The molecule has 0 saturated heterocycles. The number of hydrogen-bond acceptors (Lipinski definition) is 9. The quantitative estimate of drug-likeness (QED) is 0.113. The number of carbonyl (C=O) groups excluding carboxylic acids is 1. The summed E-state index contributed by atoms with van der Waals surface area (Å²) in [5.41, 5.74) is 3.40. The number of nitro benzene ring substituents is 1. The topological polar surface area (TPSA) is 122 Å². The number of methoxy groups -OCH3 is 1. The summed E-state index contributed by atoms with van der Waals surface area (Å²) in [7, 11) is 1.52. The van der Waals surface area contributed by atoms with Crippen molar-refractivity contribution in [3.8, 4) is 11.5 Å². The average Bonchev–Trinajstić information content (AvgIpc) is 3.41. The molecule has 47 heavy (non-hydrogen) atoms. The predicted molar refractivity (Wildman–Crippen MR) is 178 cm³/mol. The van der Waals surface area contributed by atoms with Gasteiger partial charge in [0.05, 0.1) is 40.5 Å². The van der Waals surface area contributed by atoms with Crippen LogP contribution in [0.15, 0.2) is 118 Å². The maximum atomic E-state index is 14.1. The van der Waals surface area contributed by atoms with Crippen molar-refractivity contribution in [1.29, 1.82) is 0 Å². The van der Waals surface area contributed by atoms with E-state index in [0.717, 1.165) is 16.7 Å². The Balaban J connectivity index is 1.41. The summed E-state index contributed by atoms with van der Waals surface area (Å²) in [4.78, 5) is 43.5. The van der Waals surface area contributed by atoms with Gasteiger partial charge in [-0.2, -0.15) is 0 Å². The fourth-order valence-electron chi connectivity index (χ4n) is 5.31. The number of nitro groups is 1. The van der Waals surface area contributed by atoms with Crippen LogP contribution in [-0.2, 0) is 16.1 Å². The molecule has 4 aromatic carbocycles. The number of hydrogen-bond donors (Lipinski definition) is 0. The van der Waals surface area contributed by atoms with E-state index in [1.807, 2.05) is 60.7 Å². The minimum atomic E-state index is -0.756.